The molecule has 3 heteroatoms. The molecular weight excluding hydrogens is 188 g/mol. The van der Waals surface area contributed by atoms with E-state index in [4.69, 9.17) is 0 Å². The van der Waals surface area contributed by atoms with Crippen molar-refractivity contribution in [2.24, 2.45) is 11.8 Å². The molecule has 15 heavy (non-hydrogen) atoms. The van der Waals surface area contributed by atoms with Crippen molar-refractivity contribution in [1.29, 1.82) is 0 Å². The quantitative estimate of drug-likeness (QED) is 0.727. The molecule has 2 saturated heterocycles. The monoisotopic (exact) mass is 212 g/mol. The number of likely N-dealkylation sites (N-methyl/N-ethyl adjacent to an activating group) is 2. The van der Waals surface area contributed by atoms with E-state index in [1.54, 1.807) is 0 Å². The molecule has 2 aliphatic rings. The molecule has 0 aromatic rings. The fourth-order valence-electron chi connectivity index (χ4n) is 3.51. The van der Waals surface area contributed by atoms with E-state index in [1.165, 1.54) is 19.4 Å². The van der Waals surface area contributed by atoms with Gasteiger partial charge in [0.1, 0.15) is 0 Å². The van der Waals surface area contributed by atoms with Crippen LogP contribution in [0.25, 0.3) is 0 Å². The molecule has 4 atom stereocenters. The molecule has 2 fully saturated rings. The average Bonchev–Trinajstić information content (AvgIpc) is 2.71. The van der Waals surface area contributed by atoms with Crippen LogP contribution in [0.4, 0.5) is 0 Å². The van der Waals surface area contributed by atoms with E-state index in [0.717, 1.165) is 12.5 Å². The maximum absolute atomic E-state index is 9.24. The Labute approximate surface area is 93.1 Å². The maximum Gasteiger partial charge on any atom is 0.0472 e. The Bertz CT molecular complexity index is 212. The molecule has 0 saturated carbocycles. The second-order valence-corrected chi connectivity index (χ2v) is 5.53. The summed E-state index contributed by atoms with van der Waals surface area (Å²) in [4.78, 5) is 4.95. The molecule has 0 aliphatic carbocycles. The summed E-state index contributed by atoms with van der Waals surface area (Å²) >= 11 is 0. The van der Waals surface area contributed by atoms with Crippen molar-refractivity contribution in [3.63, 3.8) is 0 Å². The van der Waals surface area contributed by atoms with Crippen molar-refractivity contribution in [3.05, 3.63) is 0 Å². The smallest absolute Gasteiger partial charge is 0.0472 e. The Morgan fingerprint density at radius 3 is 2.47 bits per heavy atom. The summed E-state index contributed by atoms with van der Waals surface area (Å²) in [5.74, 6) is 1.31. The zero-order valence-electron chi connectivity index (χ0n) is 10.2. The fourth-order valence-corrected chi connectivity index (χ4v) is 3.51. The second-order valence-electron chi connectivity index (χ2n) is 5.53. The van der Waals surface area contributed by atoms with Crippen molar-refractivity contribution >= 4 is 0 Å². The highest BCUT2D eigenvalue weighted by Crippen LogP contribution is 2.33. The highest BCUT2D eigenvalue weighted by Gasteiger charge is 2.41. The van der Waals surface area contributed by atoms with Crippen molar-refractivity contribution < 1.29 is 5.11 Å². The predicted octanol–water partition coefficient (Wildman–Crippen LogP) is 0.639. The van der Waals surface area contributed by atoms with Crippen LogP contribution in [-0.2, 0) is 0 Å². The lowest BCUT2D eigenvalue weighted by Gasteiger charge is -2.33. The Morgan fingerprint density at radius 2 is 2.00 bits per heavy atom. The van der Waals surface area contributed by atoms with Crippen LogP contribution < -0.4 is 0 Å². The van der Waals surface area contributed by atoms with E-state index >= 15 is 0 Å². The molecule has 0 bridgehead atoms. The van der Waals surface area contributed by atoms with E-state index in [1.807, 2.05) is 0 Å². The number of hydrogen-bond acceptors (Lipinski definition) is 3. The first-order valence-corrected chi connectivity index (χ1v) is 6.14. The van der Waals surface area contributed by atoms with Crippen LogP contribution in [0.5, 0.6) is 0 Å². The molecular formula is C12H24N2O. The Hall–Kier alpha value is -0.120. The first-order chi connectivity index (χ1) is 7.13. The van der Waals surface area contributed by atoms with Crippen LogP contribution >= 0.6 is 0 Å². The highest BCUT2D eigenvalue weighted by molar-refractivity contribution is 4.97. The summed E-state index contributed by atoms with van der Waals surface area (Å²) in [5, 5.41) is 9.24. The third-order valence-electron chi connectivity index (χ3n) is 4.37. The van der Waals surface area contributed by atoms with Gasteiger partial charge in [-0.05, 0) is 45.3 Å². The van der Waals surface area contributed by atoms with Gasteiger partial charge >= 0.3 is 0 Å². The van der Waals surface area contributed by atoms with Gasteiger partial charge in [-0.2, -0.15) is 0 Å². The van der Waals surface area contributed by atoms with Crippen LogP contribution in [0.2, 0.25) is 0 Å². The average molecular weight is 212 g/mol. The molecule has 1 N–H and O–H groups in total. The van der Waals surface area contributed by atoms with E-state index in [-0.39, 0.29) is 0 Å². The lowest BCUT2D eigenvalue weighted by molar-refractivity contribution is 0.153. The minimum absolute atomic E-state index is 0.353. The molecule has 2 heterocycles. The molecule has 0 aromatic heterocycles. The third-order valence-corrected chi connectivity index (χ3v) is 4.37. The molecule has 0 spiro atoms. The molecule has 3 nitrogen and oxygen atoms in total. The zero-order chi connectivity index (χ0) is 11.0. The SMILES string of the molecule is CC1CCN(C)C1C1CC(CO)CN1C. The largest absolute Gasteiger partial charge is 0.396 e. The number of likely N-dealkylation sites (tertiary alicyclic amines) is 2. The minimum atomic E-state index is 0.353. The molecule has 0 aromatic carbocycles. The molecule has 0 radical (unpaired) electrons. The van der Waals surface area contributed by atoms with Gasteiger partial charge in [0.25, 0.3) is 0 Å². The number of hydrogen-bond donors (Lipinski definition) is 1. The Kier molecular flexibility index (Phi) is 3.33. The van der Waals surface area contributed by atoms with Gasteiger partial charge in [0.15, 0.2) is 0 Å². The second kappa shape index (κ2) is 4.40. The van der Waals surface area contributed by atoms with Crippen molar-refractivity contribution in [2.75, 3.05) is 33.8 Å². The summed E-state index contributed by atoms with van der Waals surface area (Å²) in [6.07, 6.45) is 2.50. The van der Waals surface area contributed by atoms with Gasteiger partial charge in [0, 0.05) is 25.2 Å². The number of nitrogens with zero attached hydrogens (tertiary/aromatic N) is 2. The van der Waals surface area contributed by atoms with Crippen molar-refractivity contribution in [1.82, 2.24) is 9.80 Å². The van der Waals surface area contributed by atoms with Gasteiger partial charge in [-0.3, -0.25) is 0 Å². The molecule has 0 amide bonds. The van der Waals surface area contributed by atoms with Gasteiger partial charge in [-0.25, -0.2) is 0 Å². The van der Waals surface area contributed by atoms with Crippen LogP contribution in [0, 0.1) is 11.8 Å². The summed E-state index contributed by atoms with van der Waals surface area (Å²) < 4.78 is 0. The van der Waals surface area contributed by atoms with E-state index in [2.05, 4.69) is 30.8 Å². The molecule has 2 rings (SSSR count). The minimum Gasteiger partial charge on any atom is -0.396 e. The molecule has 4 unspecified atom stereocenters. The van der Waals surface area contributed by atoms with E-state index in [0.29, 0.717) is 24.6 Å². The normalized spacial score (nSPS) is 44.0. The van der Waals surface area contributed by atoms with Gasteiger partial charge < -0.3 is 14.9 Å². The fraction of sp³-hybridized carbons (Fsp3) is 1.00. The van der Waals surface area contributed by atoms with Crippen LogP contribution in [-0.4, -0.2) is 60.8 Å². The number of rotatable bonds is 2. The van der Waals surface area contributed by atoms with Crippen LogP contribution in [0.1, 0.15) is 19.8 Å². The maximum atomic E-state index is 9.24. The van der Waals surface area contributed by atoms with Crippen molar-refractivity contribution in [2.45, 2.75) is 31.8 Å². The first-order valence-electron chi connectivity index (χ1n) is 6.14. The summed E-state index contributed by atoms with van der Waals surface area (Å²) in [5.41, 5.74) is 0. The van der Waals surface area contributed by atoms with E-state index in [9.17, 15) is 5.11 Å². The van der Waals surface area contributed by atoms with Crippen LogP contribution in [0.3, 0.4) is 0 Å². The lowest BCUT2D eigenvalue weighted by Crippen LogP contribution is -2.45. The number of aliphatic hydroxyl groups excluding tert-OH is 1. The Morgan fingerprint density at radius 1 is 1.27 bits per heavy atom. The third kappa shape index (κ3) is 2.05. The van der Waals surface area contributed by atoms with Gasteiger partial charge in [-0.15, -0.1) is 0 Å². The first kappa shape index (κ1) is 11.4. The van der Waals surface area contributed by atoms with Gasteiger partial charge in [0.2, 0.25) is 0 Å². The summed E-state index contributed by atoms with van der Waals surface area (Å²) in [6, 6.07) is 1.36. The Balaban J connectivity index is 2.03. The van der Waals surface area contributed by atoms with Gasteiger partial charge in [0.05, 0.1) is 0 Å². The van der Waals surface area contributed by atoms with Crippen LogP contribution in [0.15, 0.2) is 0 Å². The standard InChI is InChI=1S/C12H24N2O/c1-9-4-5-13(2)12(9)11-6-10(8-15)7-14(11)3/h9-12,15H,4-8H2,1-3H3. The summed E-state index contributed by atoms with van der Waals surface area (Å²) in [7, 11) is 4.45. The topological polar surface area (TPSA) is 26.7 Å². The van der Waals surface area contributed by atoms with Crippen molar-refractivity contribution in [3.8, 4) is 0 Å². The zero-order valence-corrected chi connectivity index (χ0v) is 10.2. The van der Waals surface area contributed by atoms with E-state index < -0.39 is 0 Å². The molecule has 2 aliphatic heterocycles. The van der Waals surface area contributed by atoms with Gasteiger partial charge in [-0.1, -0.05) is 6.92 Å². The number of aliphatic hydroxyl groups is 1. The molecule has 88 valence electrons. The highest BCUT2D eigenvalue weighted by atomic mass is 16.3. The summed E-state index contributed by atoms with van der Waals surface area (Å²) in [6.45, 7) is 5.03. The predicted molar refractivity (Wildman–Crippen MR) is 61.8 cm³/mol. The lowest BCUT2D eigenvalue weighted by atomic mass is 9.92.